The van der Waals surface area contributed by atoms with Crippen molar-refractivity contribution in [2.24, 2.45) is 46.8 Å². The van der Waals surface area contributed by atoms with E-state index >= 15 is 0 Å². The minimum atomic E-state index is -0.515. The van der Waals surface area contributed by atoms with E-state index in [0.29, 0.717) is 11.8 Å². The molecular weight excluding hydrogens is 304 g/mol. The number of ether oxygens (including phenoxy) is 2. The van der Waals surface area contributed by atoms with Crippen molar-refractivity contribution in [3.05, 3.63) is 12.2 Å². The fraction of sp³-hybridized carbons (Fsp3) is 0.800. The Kier molecular flexibility index (Phi) is 3.77. The third kappa shape index (κ3) is 2.49. The molecule has 0 N–H and O–H groups in total. The lowest BCUT2D eigenvalue weighted by atomic mass is 9.69. The molecule has 132 valence electrons. The van der Waals surface area contributed by atoms with E-state index in [2.05, 4.69) is 12.2 Å². The van der Waals surface area contributed by atoms with Crippen LogP contribution in [-0.4, -0.2) is 25.2 Å². The average Bonchev–Trinajstić information content (AvgIpc) is 3.27. The van der Waals surface area contributed by atoms with Gasteiger partial charge in [-0.1, -0.05) is 12.2 Å². The Bertz CT molecular complexity index is 573. The minimum Gasteiger partial charge on any atom is -0.462 e. The number of fused-ring (bicyclic) bond motifs is 9. The smallest absolute Gasteiger partial charge is 0.311 e. The van der Waals surface area contributed by atoms with Crippen molar-refractivity contribution < 1.29 is 19.1 Å². The maximum Gasteiger partial charge on any atom is 0.311 e. The highest BCUT2D eigenvalue weighted by molar-refractivity contribution is 5.75. The molecule has 4 heteroatoms. The number of rotatable bonds is 4. The molecule has 0 spiro atoms. The van der Waals surface area contributed by atoms with Crippen molar-refractivity contribution in [1.82, 2.24) is 0 Å². The Balaban J connectivity index is 1.27. The van der Waals surface area contributed by atoms with E-state index in [4.69, 9.17) is 9.47 Å². The fourth-order valence-corrected chi connectivity index (χ4v) is 5.89. The van der Waals surface area contributed by atoms with Gasteiger partial charge in [0.1, 0.15) is 13.2 Å². The van der Waals surface area contributed by atoms with Gasteiger partial charge in [-0.3, -0.25) is 9.59 Å². The maximum absolute atomic E-state index is 12.5. The molecular formula is C20H28O4. The second-order valence-electron chi connectivity index (χ2n) is 9.16. The molecule has 0 aliphatic heterocycles. The molecule has 0 saturated heterocycles. The molecule has 0 aromatic heterocycles. The lowest BCUT2D eigenvalue weighted by Crippen LogP contribution is -2.35. The number of esters is 2. The molecule has 0 amide bonds. The predicted octanol–water partition coefficient (Wildman–Crippen LogP) is 3.21. The van der Waals surface area contributed by atoms with E-state index in [-0.39, 0.29) is 31.1 Å². The Morgan fingerprint density at radius 2 is 1.62 bits per heavy atom. The zero-order valence-corrected chi connectivity index (χ0v) is 14.9. The van der Waals surface area contributed by atoms with Crippen LogP contribution in [0.4, 0.5) is 0 Å². The molecule has 4 rings (SSSR count). The highest BCUT2D eigenvalue weighted by Gasteiger charge is 2.62. The first-order chi connectivity index (χ1) is 11.4. The van der Waals surface area contributed by atoms with Gasteiger partial charge >= 0.3 is 11.9 Å². The van der Waals surface area contributed by atoms with Crippen molar-refractivity contribution in [2.75, 3.05) is 13.2 Å². The average molecular weight is 332 g/mol. The van der Waals surface area contributed by atoms with Crippen LogP contribution in [0.3, 0.4) is 0 Å². The van der Waals surface area contributed by atoms with E-state index in [0.717, 1.165) is 30.1 Å². The second-order valence-corrected chi connectivity index (χ2v) is 9.16. The number of hydrogen-bond acceptors (Lipinski definition) is 4. The monoisotopic (exact) mass is 332 g/mol. The molecule has 4 aliphatic rings. The Labute approximate surface area is 144 Å². The summed E-state index contributed by atoms with van der Waals surface area (Å²) in [5.41, 5.74) is -0.515. The normalized spacial score (nSPS) is 41.5. The number of allylic oxidation sites excluding steroid dienone is 2. The molecule has 3 saturated carbocycles. The predicted molar refractivity (Wildman–Crippen MR) is 88.8 cm³/mol. The summed E-state index contributed by atoms with van der Waals surface area (Å²) in [5, 5.41) is 0. The van der Waals surface area contributed by atoms with Gasteiger partial charge in [0, 0.05) is 0 Å². The third-order valence-corrected chi connectivity index (χ3v) is 6.75. The molecule has 3 fully saturated rings. The van der Waals surface area contributed by atoms with E-state index < -0.39 is 5.41 Å². The van der Waals surface area contributed by atoms with Gasteiger partial charge in [-0.2, -0.15) is 0 Å². The van der Waals surface area contributed by atoms with Crippen LogP contribution in [0.5, 0.6) is 0 Å². The molecule has 0 heterocycles. The van der Waals surface area contributed by atoms with Crippen molar-refractivity contribution in [3.63, 3.8) is 0 Å². The highest BCUT2D eigenvalue weighted by atomic mass is 16.6. The van der Waals surface area contributed by atoms with E-state index in [1.807, 2.05) is 20.8 Å². The number of carbonyl (C=O) groups is 2. The van der Waals surface area contributed by atoms with Gasteiger partial charge in [0.15, 0.2) is 0 Å². The van der Waals surface area contributed by atoms with Crippen LogP contribution in [0.25, 0.3) is 0 Å². The summed E-state index contributed by atoms with van der Waals surface area (Å²) < 4.78 is 10.6. The fourth-order valence-electron chi connectivity index (χ4n) is 5.89. The van der Waals surface area contributed by atoms with Gasteiger partial charge < -0.3 is 9.47 Å². The summed E-state index contributed by atoms with van der Waals surface area (Å²) in [4.78, 5) is 24.2. The molecule has 7 atom stereocenters. The minimum absolute atomic E-state index is 0.0699. The van der Waals surface area contributed by atoms with Gasteiger partial charge in [-0.15, -0.1) is 0 Å². The summed E-state index contributed by atoms with van der Waals surface area (Å²) in [5.74, 6) is 4.02. The molecule has 0 radical (unpaired) electrons. The topological polar surface area (TPSA) is 52.6 Å². The first-order valence-electron chi connectivity index (χ1n) is 9.38. The lowest BCUT2D eigenvalue weighted by Gasteiger charge is -2.35. The molecule has 0 aromatic rings. The third-order valence-electron chi connectivity index (χ3n) is 6.75. The summed E-state index contributed by atoms with van der Waals surface area (Å²) >= 11 is 0. The standard InChI is InChI=1S/C20H28O4/c1-20(2,3)19(22)24-7-6-23-18(21)15-10-13-9-14(15)17-12-5-4-11(8-12)16(13)17/h4-5,11-17H,6-10H2,1-3H3. The van der Waals surface area contributed by atoms with Crippen LogP contribution < -0.4 is 0 Å². The van der Waals surface area contributed by atoms with Gasteiger partial charge in [0.25, 0.3) is 0 Å². The maximum atomic E-state index is 12.5. The molecule has 7 unspecified atom stereocenters. The quantitative estimate of drug-likeness (QED) is 0.343. The van der Waals surface area contributed by atoms with Crippen molar-refractivity contribution in [1.29, 1.82) is 0 Å². The summed E-state index contributed by atoms with van der Waals surface area (Å²) in [6.07, 6.45) is 8.34. The number of hydrogen-bond donors (Lipinski definition) is 0. The summed E-state index contributed by atoms with van der Waals surface area (Å²) in [7, 11) is 0. The van der Waals surface area contributed by atoms with Crippen LogP contribution >= 0.6 is 0 Å². The van der Waals surface area contributed by atoms with Crippen LogP contribution in [0.15, 0.2) is 12.2 Å². The molecule has 0 aromatic carbocycles. The van der Waals surface area contributed by atoms with Gasteiger partial charge in [0.2, 0.25) is 0 Å². The molecule has 4 bridgehead atoms. The first kappa shape index (κ1) is 16.2. The van der Waals surface area contributed by atoms with Crippen LogP contribution in [0, 0.1) is 46.8 Å². The summed E-state index contributed by atoms with van der Waals surface area (Å²) in [6.45, 7) is 5.78. The molecule has 4 aliphatic carbocycles. The van der Waals surface area contributed by atoms with E-state index in [1.165, 1.54) is 12.8 Å². The Hall–Kier alpha value is -1.32. The largest absolute Gasteiger partial charge is 0.462 e. The number of carbonyl (C=O) groups excluding carboxylic acids is 2. The van der Waals surface area contributed by atoms with Crippen LogP contribution in [0.1, 0.15) is 40.0 Å². The van der Waals surface area contributed by atoms with Crippen LogP contribution in [0.2, 0.25) is 0 Å². The van der Waals surface area contributed by atoms with Crippen molar-refractivity contribution in [2.45, 2.75) is 40.0 Å². The van der Waals surface area contributed by atoms with E-state index in [9.17, 15) is 9.59 Å². The van der Waals surface area contributed by atoms with Gasteiger partial charge in [-0.25, -0.2) is 0 Å². The lowest BCUT2D eigenvalue weighted by molar-refractivity contribution is -0.161. The SMILES string of the molecule is CC(C)(C)C(=O)OCCOC(=O)C1CC2CC1C1C3C=CC(C3)C21. The molecule has 24 heavy (non-hydrogen) atoms. The van der Waals surface area contributed by atoms with Gasteiger partial charge in [-0.05, 0) is 75.5 Å². The molecule has 4 nitrogen and oxygen atoms in total. The van der Waals surface area contributed by atoms with Crippen molar-refractivity contribution in [3.8, 4) is 0 Å². The second kappa shape index (κ2) is 5.60. The van der Waals surface area contributed by atoms with Gasteiger partial charge in [0.05, 0.1) is 11.3 Å². The zero-order chi connectivity index (χ0) is 17.1. The zero-order valence-electron chi connectivity index (χ0n) is 14.9. The Morgan fingerprint density at radius 3 is 2.33 bits per heavy atom. The summed E-state index contributed by atoms with van der Waals surface area (Å²) in [6, 6.07) is 0. The highest BCUT2D eigenvalue weighted by Crippen LogP contribution is 2.67. The van der Waals surface area contributed by atoms with E-state index in [1.54, 1.807) is 0 Å². The van der Waals surface area contributed by atoms with Crippen LogP contribution in [-0.2, 0) is 19.1 Å². The Morgan fingerprint density at radius 1 is 0.958 bits per heavy atom. The van der Waals surface area contributed by atoms with Crippen molar-refractivity contribution >= 4 is 11.9 Å². The first-order valence-corrected chi connectivity index (χ1v) is 9.38.